The van der Waals surface area contributed by atoms with Crippen molar-refractivity contribution in [3.05, 3.63) is 39.8 Å². The first kappa shape index (κ1) is 15.4. The summed E-state index contributed by atoms with van der Waals surface area (Å²) >= 11 is 1.57. The lowest BCUT2D eigenvalue weighted by Gasteiger charge is -2.43. The number of carbonyl (C=O) groups is 1. The van der Waals surface area contributed by atoms with E-state index in [1.165, 1.54) is 0 Å². The Hall–Kier alpha value is -1.49. The minimum Gasteiger partial charge on any atom is -0.341 e. The minimum absolute atomic E-state index is 0.0850. The standard InChI is InChI=1S/C17H22N2O2S/c1-3-4-13-5-6-15(20)19-9-12-7-14(17(13)19)10-18(8-12)16(21)11-22-2/h3-6,12,14H,7-11H2,1-2H3/b4-3+/t12-,14+/m0/s1. The molecule has 2 aliphatic rings. The van der Waals surface area contributed by atoms with Crippen LogP contribution in [0.5, 0.6) is 0 Å². The molecule has 0 spiro atoms. The van der Waals surface area contributed by atoms with Gasteiger partial charge in [-0.2, -0.15) is 11.8 Å². The van der Waals surface area contributed by atoms with Gasteiger partial charge in [0.2, 0.25) is 5.91 Å². The number of nitrogens with zero attached hydrogens (tertiary/aromatic N) is 2. The van der Waals surface area contributed by atoms with Crippen LogP contribution in [-0.2, 0) is 11.3 Å². The first-order chi connectivity index (χ1) is 10.6. The van der Waals surface area contributed by atoms with Gasteiger partial charge in [0, 0.05) is 37.3 Å². The average molecular weight is 318 g/mol. The molecule has 1 aromatic rings. The predicted octanol–water partition coefficient (Wildman–Crippen LogP) is 2.19. The number of rotatable bonds is 3. The van der Waals surface area contributed by atoms with Gasteiger partial charge in [-0.15, -0.1) is 0 Å². The van der Waals surface area contributed by atoms with E-state index in [1.54, 1.807) is 17.8 Å². The number of carbonyl (C=O) groups excluding carboxylic acids is 1. The molecule has 22 heavy (non-hydrogen) atoms. The summed E-state index contributed by atoms with van der Waals surface area (Å²) in [5.74, 6) is 1.44. The first-order valence-corrected chi connectivity index (χ1v) is 9.16. The third kappa shape index (κ3) is 2.74. The van der Waals surface area contributed by atoms with Crippen molar-refractivity contribution in [3.63, 3.8) is 0 Å². The molecular weight excluding hydrogens is 296 g/mol. The molecule has 1 amide bonds. The highest BCUT2D eigenvalue weighted by molar-refractivity contribution is 7.99. The van der Waals surface area contributed by atoms with Gasteiger partial charge in [-0.25, -0.2) is 0 Å². The summed E-state index contributed by atoms with van der Waals surface area (Å²) in [6, 6.07) is 3.58. The van der Waals surface area contributed by atoms with E-state index in [1.807, 2.05) is 34.8 Å². The average Bonchev–Trinajstić information content (AvgIpc) is 2.50. The smallest absolute Gasteiger partial charge is 0.250 e. The third-order valence-corrected chi connectivity index (χ3v) is 5.13. The van der Waals surface area contributed by atoms with Crippen molar-refractivity contribution in [2.45, 2.75) is 25.8 Å². The zero-order chi connectivity index (χ0) is 15.7. The molecule has 4 nitrogen and oxygen atoms in total. The molecule has 2 aliphatic heterocycles. The molecule has 0 aromatic carbocycles. The van der Waals surface area contributed by atoms with Crippen LogP contribution in [-0.4, -0.2) is 40.5 Å². The first-order valence-electron chi connectivity index (χ1n) is 7.77. The summed E-state index contributed by atoms with van der Waals surface area (Å²) in [5.41, 5.74) is 2.31. The Morgan fingerprint density at radius 2 is 2.18 bits per heavy atom. The second kappa shape index (κ2) is 6.32. The molecule has 0 aliphatic carbocycles. The zero-order valence-electron chi connectivity index (χ0n) is 13.1. The molecule has 0 radical (unpaired) electrons. The van der Waals surface area contributed by atoms with Gasteiger partial charge < -0.3 is 9.47 Å². The van der Waals surface area contributed by atoms with Gasteiger partial charge in [0.05, 0.1) is 5.75 Å². The molecule has 3 heterocycles. The van der Waals surface area contributed by atoms with E-state index in [0.717, 1.165) is 37.3 Å². The third-order valence-electron chi connectivity index (χ3n) is 4.59. The summed E-state index contributed by atoms with van der Waals surface area (Å²) in [4.78, 5) is 26.5. The Balaban J connectivity index is 1.98. The van der Waals surface area contributed by atoms with Crippen LogP contribution < -0.4 is 5.56 Å². The van der Waals surface area contributed by atoms with E-state index in [9.17, 15) is 9.59 Å². The summed E-state index contributed by atoms with van der Waals surface area (Å²) in [5, 5.41) is 0. The SMILES string of the molecule is C/C=C/c1ccc(=O)n2c1[C@@H]1C[C@@H](CN(C(=O)CSC)C1)C2. The van der Waals surface area contributed by atoms with Gasteiger partial charge in [0.15, 0.2) is 0 Å². The highest BCUT2D eigenvalue weighted by atomic mass is 32.2. The van der Waals surface area contributed by atoms with E-state index in [2.05, 4.69) is 6.08 Å². The van der Waals surface area contributed by atoms with Gasteiger partial charge in [0.25, 0.3) is 5.56 Å². The lowest BCUT2D eigenvalue weighted by molar-refractivity contribution is -0.131. The van der Waals surface area contributed by atoms with E-state index in [-0.39, 0.29) is 17.4 Å². The van der Waals surface area contributed by atoms with Gasteiger partial charge >= 0.3 is 0 Å². The van der Waals surface area contributed by atoms with Crippen molar-refractivity contribution in [3.8, 4) is 0 Å². The van der Waals surface area contributed by atoms with Gasteiger partial charge in [0.1, 0.15) is 0 Å². The second-order valence-electron chi connectivity index (χ2n) is 6.15. The monoisotopic (exact) mass is 318 g/mol. The fraction of sp³-hybridized carbons (Fsp3) is 0.529. The highest BCUT2D eigenvalue weighted by Crippen LogP contribution is 2.37. The highest BCUT2D eigenvalue weighted by Gasteiger charge is 2.37. The number of likely N-dealkylation sites (tertiary alicyclic amines) is 1. The quantitative estimate of drug-likeness (QED) is 0.858. The Kier molecular flexibility index (Phi) is 4.43. The number of piperidine rings is 1. The number of pyridine rings is 1. The lowest BCUT2D eigenvalue weighted by atomic mass is 9.81. The van der Waals surface area contributed by atoms with Crippen LogP contribution in [0.2, 0.25) is 0 Å². The molecule has 1 saturated heterocycles. The number of hydrogen-bond donors (Lipinski definition) is 0. The maximum Gasteiger partial charge on any atom is 0.250 e. The van der Waals surface area contributed by atoms with Crippen molar-refractivity contribution in [2.24, 2.45) is 5.92 Å². The van der Waals surface area contributed by atoms with Crippen LogP contribution in [0, 0.1) is 5.92 Å². The van der Waals surface area contributed by atoms with Gasteiger partial charge in [-0.1, -0.05) is 12.2 Å². The topological polar surface area (TPSA) is 42.3 Å². The van der Waals surface area contributed by atoms with Crippen LogP contribution in [0.4, 0.5) is 0 Å². The largest absolute Gasteiger partial charge is 0.341 e. The van der Waals surface area contributed by atoms with Crippen molar-refractivity contribution < 1.29 is 4.79 Å². The molecule has 1 aromatic heterocycles. The number of hydrogen-bond acceptors (Lipinski definition) is 3. The molecule has 3 rings (SSSR count). The Morgan fingerprint density at radius 1 is 1.36 bits per heavy atom. The fourth-order valence-electron chi connectivity index (χ4n) is 3.79. The van der Waals surface area contributed by atoms with Crippen molar-refractivity contribution in [1.29, 1.82) is 0 Å². The summed E-state index contributed by atoms with van der Waals surface area (Å²) in [7, 11) is 0. The number of allylic oxidation sites excluding steroid dienone is 1. The maximum atomic E-state index is 12.2. The van der Waals surface area contributed by atoms with Crippen molar-refractivity contribution in [1.82, 2.24) is 9.47 Å². The zero-order valence-corrected chi connectivity index (χ0v) is 13.9. The van der Waals surface area contributed by atoms with E-state index in [0.29, 0.717) is 11.7 Å². The molecule has 1 fully saturated rings. The second-order valence-corrected chi connectivity index (χ2v) is 7.02. The molecule has 0 N–H and O–H groups in total. The molecule has 0 unspecified atom stereocenters. The Labute approximate surface area is 135 Å². The van der Waals surface area contributed by atoms with E-state index < -0.39 is 0 Å². The number of thioether (sulfide) groups is 1. The van der Waals surface area contributed by atoms with E-state index in [4.69, 9.17) is 0 Å². The van der Waals surface area contributed by atoms with Crippen LogP contribution >= 0.6 is 11.8 Å². The van der Waals surface area contributed by atoms with Crippen LogP contribution in [0.1, 0.15) is 30.5 Å². The molecular formula is C17H22N2O2S. The molecule has 5 heteroatoms. The lowest BCUT2D eigenvalue weighted by Crippen LogP contribution is -2.49. The molecule has 2 atom stereocenters. The van der Waals surface area contributed by atoms with Crippen LogP contribution in [0.25, 0.3) is 6.08 Å². The molecule has 2 bridgehead atoms. The maximum absolute atomic E-state index is 12.2. The van der Waals surface area contributed by atoms with Crippen molar-refractivity contribution >= 4 is 23.7 Å². The van der Waals surface area contributed by atoms with Crippen molar-refractivity contribution in [2.75, 3.05) is 25.1 Å². The van der Waals surface area contributed by atoms with Crippen LogP contribution in [0.15, 0.2) is 23.0 Å². The van der Waals surface area contributed by atoms with Gasteiger partial charge in [-0.05, 0) is 37.1 Å². The van der Waals surface area contributed by atoms with E-state index >= 15 is 0 Å². The Morgan fingerprint density at radius 3 is 2.91 bits per heavy atom. The Bertz CT molecular complexity index is 665. The van der Waals surface area contributed by atoms with Gasteiger partial charge in [-0.3, -0.25) is 9.59 Å². The molecule has 0 saturated carbocycles. The fourth-order valence-corrected chi connectivity index (χ4v) is 4.22. The number of fused-ring (bicyclic) bond motifs is 4. The minimum atomic E-state index is 0.0850. The summed E-state index contributed by atoms with van der Waals surface area (Å²) in [6.07, 6.45) is 7.11. The number of aromatic nitrogens is 1. The number of amides is 1. The molecule has 118 valence electrons. The van der Waals surface area contributed by atoms with Crippen LogP contribution in [0.3, 0.4) is 0 Å². The summed E-state index contributed by atoms with van der Waals surface area (Å²) in [6.45, 7) is 4.25. The predicted molar refractivity (Wildman–Crippen MR) is 91.2 cm³/mol. The summed E-state index contributed by atoms with van der Waals surface area (Å²) < 4.78 is 1.94. The normalized spacial score (nSPS) is 23.6.